The van der Waals surface area contributed by atoms with Crippen molar-refractivity contribution < 1.29 is 8.42 Å². The lowest BCUT2D eigenvalue weighted by Gasteiger charge is -2.28. The Morgan fingerprint density at radius 3 is 2.41 bits per heavy atom. The molecule has 1 N–H and O–H groups in total. The molecule has 5 nitrogen and oxygen atoms in total. The summed E-state index contributed by atoms with van der Waals surface area (Å²) in [6, 6.07) is 22.7. The molecule has 0 amide bonds. The number of hydrogen-bond donors (Lipinski definition) is 1. The van der Waals surface area contributed by atoms with Crippen LogP contribution in [0.25, 0.3) is 27.5 Å². The molecule has 0 spiro atoms. The Morgan fingerprint density at radius 1 is 0.882 bits per heavy atom. The van der Waals surface area contributed by atoms with Gasteiger partial charge in [-0.25, -0.2) is 8.42 Å². The van der Waals surface area contributed by atoms with Crippen molar-refractivity contribution in [2.24, 2.45) is 0 Å². The number of H-pyrrole nitrogens is 1. The molecule has 6 heteroatoms. The minimum Gasteiger partial charge on any atom is -0.361 e. The maximum Gasteiger partial charge on any atom is 0.208 e. The lowest BCUT2D eigenvalue weighted by Crippen LogP contribution is -2.29. The number of benzene rings is 3. The Balaban J connectivity index is 1.50. The maximum atomic E-state index is 13.5. The van der Waals surface area contributed by atoms with Crippen LogP contribution in [0.5, 0.6) is 0 Å². The van der Waals surface area contributed by atoms with E-state index in [9.17, 15) is 8.42 Å². The van der Waals surface area contributed by atoms with Crippen LogP contribution in [0.15, 0.2) is 95.0 Å². The average molecular weight is 470 g/mol. The molecule has 0 atom stereocenters. The SMILES string of the molecule is CN1CCC(c2c[nH]c3ccc(-n4cc(S(=O)(=O)c5ccccc5)c5ccccc54)cc23)CC1. The number of fused-ring (bicyclic) bond motifs is 2. The van der Waals surface area contributed by atoms with Crippen LogP contribution in [0.4, 0.5) is 0 Å². The van der Waals surface area contributed by atoms with Gasteiger partial charge in [0.05, 0.1) is 15.3 Å². The Bertz CT molecular complexity index is 1590. The van der Waals surface area contributed by atoms with Crippen molar-refractivity contribution in [3.63, 3.8) is 0 Å². The van der Waals surface area contributed by atoms with Gasteiger partial charge in [-0.2, -0.15) is 0 Å². The van der Waals surface area contributed by atoms with Crippen molar-refractivity contribution in [1.82, 2.24) is 14.5 Å². The summed E-state index contributed by atoms with van der Waals surface area (Å²) in [7, 11) is -1.46. The van der Waals surface area contributed by atoms with Gasteiger partial charge in [0.1, 0.15) is 0 Å². The van der Waals surface area contributed by atoms with Crippen LogP contribution in [0.3, 0.4) is 0 Å². The number of nitrogens with one attached hydrogen (secondary N) is 1. The molecule has 1 saturated heterocycles. The van der Waals surface area contributed by atoms with Crippen LogP contribution in [0.2, 0.25) is 0 Å². The molecular formula is C28H27N3O2S. The van der Waals surface area contributed by atoms with E-state index in [1.165, 1.54) is 10.9 Å². The Hall–Kier alpha value is -3.35. The van der Waals surface area contributed by atoms with E-state index in [2.05, 4.69) is 41.3 Å². The van der Waals surface area contributed by atoms with E-state index < -0.39 is 9.84 Å². The van der Waals surface area contributed by atoms with E-state index in [1.54, 1.807) is 30.5 Å². The Labute approximate surface area is 199 Å². The molecule has 172 valence electrons. The third-order valence-corrected chi connectivity index (χ3v) is 8.95. The zero-order chi connectivity index (χ0) is 23.3. The van der Waals surface area contributed by atoms with Gasteiger partial charge in [0.15, 0.2) is 0 Å². The highest BCUT2D eigenvalue weighted by molar-refractivity contribution is 7.91. The van der Waals surface area contributed by atoms with Crippen molar-refractivity contribution in [3.8, 4) is 5.69 Å². The van der Waals surface area contributed by atoms with Gasteiger partial charge >= 0.3 is 0 Å². The zero-order valence-corrected chi connectivity index (χ0v) is 19.9. The van der Waals surface area contributed by atoms with E-state index in [0.29, 0.717) is 15.7 Å². The summed E-state index contributed by atoms with van der Waals surface area (Å²) < 4.78 is 29.1. The van der Waals surface area contributed by atoms with Gasteiger partial charge in [0.25, 0.3) is 0 Å². The number of likely N-dealkylation sites (tertiary alicyclic amines) is 1. The summed E-state index contributed by atoms with van der Waals surface area (Å²) in [5, 5.41) is 1.95. The molecule has 0 saturated carbocycles. The molecule has 6 rings (SSSR count). The number of piperidine rings is 1. The van der Waals surface area contributed by atoms with Crippen LogP contribution in [0, 0.1) is 0 Å². The van der Waals surface area contributed by atoms with Gasteiger partial charge in [-0.05, 0) is 80.9 Å². The lowest BCUT2D eigenvalue weighted by atomic mass is 9.89. The minimum atomic E-state index is -3.65. The zero-order valence-electron chi connectivity index (χ0n) is 19.1. The van der Waals surface area contributed by atoms with Gasteiger partial charge in [0.2, 0.25) is 9.84 Å². The summed E-state index contributed by atoms with van der Waals surface area (Å²) in [6.45, 7) is 2.22. The van der Waals surface area contributed by atoms with E-state index in [4.69, 9.17) is 0 Å². The molecule has 5 aromatic rings. The molecular weight excluding hydrogens is 442 g/mol. The Morgan fingerprint density at radius 2 is 1.62 bits per heavy atom. The first-order valence-electron chi connectivity index (χ1n) is 11.7. The molecule has 1 aliphatic rings. The Kier molecular flexibility index (Phi) is 5.08. The average Bonchev–Trinajstić information content (AvgIpc) is 3.47. The number of nitrogens with zero attached hydrogens (tertiary/aromatic N) is 2. The second-order valence-electron chi connectivity index (χ2n) is 9.25. The van der Waals surface area contributed by atoms with Crippen molar-refractivity contribution >= 4 is 31.6 Å². The van der Waals surface area contributed by atoms with Gasteiger partial charge in [0, 0.05) is 34.4 Å². The minimum absolute atomic E-state index is 0.309. The number of aromatic amines is 1. The number of rotatable bonds is 4. The number of para-hydroxylation sites is 1. The van der Waals surface area contributed by atoms with Crippen LogP contribution in [0.1, 0.15) is 24.3 Å². The number of sulfone groups is 1. The highest BCUT2D eigenvalue weighted by Gasteiger charge is 2.24. The molecule has 0 radical (unpaired) electrons. The first kappa shape index (κ1) is 21.2. The summed E-state index contributed by atoms with van der Waals surface area (Å²) in [5.41, 5.74) is 4.32. The summed E-state index contributed by atoms with van der Waals surface area (Å²) >= 11 is 0. The van der Waals surface area contributed by atoms with Crippen molar-refractivity contribution in [2.45, 2.75) is 28.6 Å². The van der Waals surface area contributed by atoms with E-state index >= 15 is 0 Å². The fourth-order valence-electron chi connectivity index (χ4n) is 5.24. The van der Waals surface area contributed by atoms with Crippen molar-refractivity contribution in [1.29, 1.82) is 0 Å². The predicted molar refractivity (Wildman–Crippen MR) is 136 cm³/mol. The third-order valence-electron chi connectivity index (χ3n) is 7.15. The largest absolute Gasteiger partial charge is 0.361 e. The maximum absolute atomic E-state index is 13.5. The predicted octanol–water partition coefficient (Wildman–Crippen LogP) is 5.75. The van der Waals surface area contributed by atoms with Gasteiger partial charge in [-0.3, -0.25) is 0 Å². The smallest absolute Gasteiger partial charge is 0.208 e. The number of aromatic nitrogens is 2. The van der Waals surface area contributed by atoms with Crippen molar-refractivity contribution in [2.75, 3.05) is 20.1 Å². The third kappa shape index (κ3) is 3.45. The second-order valence-corrected chi connectivity index (χ2v) is 11.2. The van der Waals surface area contributed by atoms with Crippen LogP contribution in [-0.2, 0) is 9.84 Å². The fraction of sp³-hybridized carbons (Fsp3) is 0.214. The molecule has 0 bridgehead atoms. The van der Waals surface area contributed by atoms with Gasteiger partial charge in [-0.1, -0.05) is 36.4 Å². The molecule has 34 heavy (non-hydrogen) atoms. The summed E-state index contributed by atoms with van der Waals surface area (Å²) in [6.07, 6.45) is 6.23. The topological polar surface area (TPSA) is 58.1 Å². The number of hydrogen-bond acceptors (Lipinski definition) is 3. The first-order chi connectivity index (χ1) is 16.5. The molecule has 2 aromatic heterocycles. The summed E-state index contributed by atoms with van der Waals surface area (Å²) in [4.78, 5) is 6.47. The van der Waals surface area contributed by atoms with Crippen LogP contribution < -0.4 is 0 Å². The van der Waals surface area contributed by atoms with Crippen LogP contribution in [-0.4, -0.2) is 43.0 Å². The first-order valence-corrected chi connectivity index (χ1v) is 13.2. The monoisotopic (exact) mass is 469 g/mol. The second kappa shape index (κ2) is 8.15. The van der Waals surface area contributed by atoms with E-state index in [0.717, 1.165) is 48.0 Å². The molecule has 0 unspecified atom stereocenters. The fourth-order valence-corrected chi connectivity index (χ4v) is 6.72. The van der Waals surface area contributed by atoms with E-state index in [-0.39, 0.29) is 0 Å². The lowest BCUT2D eigenvalue weighted by molar-refractivity contribution is 0.256. The standard InChI is InChI=1S/C28H27N3O2S/c1-30-15-13-20(14-16-30)25-18-29-26-12-11-21(17-24(25)26)31-19-28(23-9-5-6-10-27(23)31)34(32,33)22-7-3-2-4-8-22/h2-12,17-20,29H,13-16H2,1H3. The molecule has 1 fully saturated rings. The summed E-state index contributed by atoms with van der Waals surface area (Å²) in [5.74, 6) is 0.538. The van der Waals surface area contributed by atoms with E-state index in [1.807, 2.05) is 34.9 Å². The van der Waals surface area contributed by atoms with Crippen LogP contribution >= 0.6 is 0 Å². The normalized spacial score (nSPS) is 15.9. The molecule has 3 aromatic carbocycles. The van der Waals surface area contributed by atoms with Crippen molar-refractivity contribution in [3.05, 3.63) is 90.8 Å². The molecule has 1 aliphatic heterocycles. The quantitative estimate of drug-likeness (QED) is 0.364. The highest BCUT2D eigenvalue weighted by Crippen LogP contribution is 2.36. The molecule has 0 aliphatic carbocycles. The molecule has 3 heterocycles. The highest BCUT2D eigenvalue weighted by atomic mass is 32.2. The van der Waals surface area contributed by atoms with Gasteiger partial charge in [-0.15, -0.1) is 0 Å². The van der Waals surface area contributed by atoms with Gasteiger partial charge < -0.3 is 14.5 Å².